The number of aryl methyl sites for hydroxylation is 1. The van der Waals surface area contributed by atoms with Crippen LogP contribution in [0.25, 0.3) is 0 Å². The lowest BCUT2D eigenvalue weighted by Gasteiger charge is -2.45. The van der Waals surface area contributed by atoms with E-state index in [-0.39, 0.29) is 40.4 Å². The molecule has 40 heavy (non-hydrogen) atoms. The highest BCUT2D eigenvalue weighted by atomic mass is 35.5. The van der Waals surface area contributed by atoms with Crippen molar-refractivity contribution in [2.75, 3.05) is 30.3 Å². The van der Waals surface area contributed by atoms with Crippen LogP contribution in [-0.2, 0) is 21.9 Å². The number of nitrogens with zero attached hydrogens (tertiary/aromatic N) is 2. The molecule has 1 aromatic carbocycles. The number of sulfonamides is 1. The highest BCUT2D eigenvalue weighted by Gasteiger charge is 2.45. The number of halogens is 1. The van der Waals surface area contributed by atoms with Crippen molar-refractivity contribution in [2.24, 2.45) is 23.7 Å². The fourth-order valence-corrected chi connectivity index (χ4v) is 8.87. The molecule has 7 rings (SSSR count). The molecule has 0 radical (unpaired) electrons. The van der Waals surface area contributed by atoms with Gasteiger partial charge in [0.1, 0.15) is 10.9 Å². The normalized spacial score (nSPS) is 35.1. The maximum atomic E-state index is 13.2. The van der Waals surface area contributed by atoms with Crippen molar-refractivity contribution in [1.82, 2.24) is 9.71 Å². The highest BCUT2D eigenvalue weighted by Crippen LogP contribution is 2.47. The van der Waals surface area contributed by atoms with Crippen LogP contribution in [0.4, 0.5) is 5.69 Å². The molecule has 212 valence electrons. The summed E-state index contributed by atoms with van der Waals surface area (Å²) >= 11 is 6.26. The summed E-state index contributed by atoms with van der Waals surface area (Å²) in [5.41, 5.74) is 2.91. The third kappa shape index (κ3) is 4.80. The first-order valence-corrected chi connectivity index (χ1v) is 16.3. The second-order valence-corrected chi connectivity index (χ2v) is 14.5. The Labute approximate surface area is 239 Å². The van der Waals surface area contributed by atoms with E-state index in [2.05, 4.69) is 20.7 Å². The molecule has 1 amide bonds. The summed E-state index contributed by atoms with van der Waals surface area (Å²) < 4.78 is 34.4. The van der Waals surface area contributed by atoms with E-state index >= 15 is 0 Å². The molecule has 2 aromatic rings. The minimum absolute atomic E-state index is 0.0336. The molecular formula is C30H34ClN3O5S. The van der Waals surface area contributed by atoms with Crippen LogP contribution >= 0.6 is 11.6 Å². The highest BCUT2D eigenvalue weighted by molar-refractivity contribution is 7.90. The maximum Gasteiger partial charge on any atom is 0.264 e. The number of anilines is 1. The number of allylic oxidation sites excluding steroid dienone is 1. The van der Waals surface area contributed by atoms with Gasteiger partial charge in [-0.05, 0) is 92.0 Å². The fourth-order valence-electron chi connectivity index (χ4n) is 7.27. The number of pyridine rings is 1. The second kappa shape index (κ2) is 9.74. The second-order valence-electron chi connectivity index (χ2n) is 12.4. The van der Waals surface area contributed by atoms with Crippen LogP contribution in [0.2, 0.25) is 5.15 Å². The van der Waals surface area contributed by atoms with Crippen molar-refractivity contribution in [1.29, 1.82) is 0 Å². The third-order valence-corrected chi connectivity index (χ3v) is 11.3. The van der Waals surface area contributed by atoms with Gasteiger partial charge in [-0.3, -0.25) is 4.79 Å². The number of nitrogens with one attached hydrogen (secondary N) is 1. The van der Waals surface area contributed by atoms with Gasteiger partial charge in [0.25, 0.3) is 5.91 Å². The predicted octanol–water partition coefficient (Wildman–Crippen LogP) is 3.86. The molecule has 3 heterocycles. The number of hydrogen-bond donors (Lipinski definition) is 2. The molecule has 1 aromatic heterocycles. The van der Waals surface area contributed by atoms with E-state index in [9.17, 15) is 18.3 Å². The van der Waals surface area contributed by atoms with Gasteiger partial charge >= 0.3 is 0 Å². The summed E-state index contributed by atoms with van der Waals surface area (Å²) in [6, 6.07) is 9.10. The van der Waals surface area contributed by atoms with Gasteiger partial charge in [-0.1, -0.05) is 29.8 Å². The zero-order chi connectivity index (χ0) is 27.6. The van der Waals surface area contributed by atoms with Gasteiger partial charge in [-0.25, -0.2) is 18.1 Å². The van der Waals surface area contributed by atoms with E-state index in [0.717, 1.165) is 55.5 Å². The lowest BCUT2D eigenvalue weighted by molar-refractivity contribution is 0.0455. The molecule has 2 fully saturated rings. The summed E-state index contributed by atoms with van der Waals surface area (Å²) in [5.74, 6) is 0.456. The van der Waals surface area contributed by atoms with Gasteiger partial charge in [0, 0.05) is 29.8 Å². The first kappa shape index (κ1) is 26.3. The van der Waals surface area contributed by atoms with Gasteiger partial charge in [0.2, 0.25) is 10.0 Å². The Bertz CT molecular complexity index is 1500. The Morgan fingerprint density at radius 3 is 2.85 bits per heavy atom. The molecule has 2 aliphatic heterocycles. The summed E-state index contributed by atoms with van der Waals surface area (Å²) in [4.78, 5) is 20.1. The average molecular weight is 584 g/mol. The molecule has 10 heteroatoms. The number of carbonyl (C=O) groups excluding carboxylic acids is 1. The van der Waals surface area contributed by atoms with Crippen molar-refractivity contribution < 1.29 is 23.1 Å². The summed E-state index contributed by atoms with van der Waals surface area (Å²) in [5, 5.41) is 11.6. The van der Waals surface area contributed by atoms with Crippen molar-refractivity contribution >= 4 is 33.2 Å². The Balaban J connectivity index is 1.29. The maximum absolute atomic E-state index is 13.2. The number of fused-ring (bicyclic) bond motifs is 5. The summed E-state index contributed by atoms with van der Waals surface area (Å²) in [6.07, 6.45) is 8.77. The average Bonchev–Trinajstić information content (AvgIpc) is 3.65. The van der Waals surface area contributed by atoms with Gasteiger partial charge < -0.3 is 14.7 Å². The third-order valence-electron chi connectivity index (χ3n) is 9.72. The van der Waals surface area contributed by atoms with Crippen LogP contribution in [0.1, 0.15) is 53.7 Å². The Hall–Kier alpha value is -2.62. The molecule has 3 aliphatic carbocycles. The van der Waals surface area contributed by atoms with Crippen molar-refractivity contribution in [3.8, 4) is 5.75 Å². The SMILES string of the molecule is O=C1NS(=O)(=O)C[C@@H]2C[C@H]2/C=C/[C@H](O)[C@@H]2CC[C@H]2CN2C[C@@]3(CCCc4nc(Cl)ccc43)COc3ccc1cc32. The van der Waals surface area contributed by atoms with E-state index < -0.39 is 22.0 Å². The number of aliphatic hydroxyl groups excluding tert-OH is 1. The molecule has 2 bridgehead atoms. The molecule has 0 unspecified atom stereocenters. The monoisotopic (exact) mass is 583 g/mol. The summed E-state index contributed by atoms with van der Waals surface area (Å²) in [6.45, 7) is 1.84. The molecule has 8 nitrogen and oxygen atoms in total. The lowest BCUT2D eigenvalue weighted by atomic mass is 9.69. The molecule has 6 atom stereocenters. The minimum atomic E-state index is -3.80. The van der Waals surface area contributed by atoms with Gasteiger partial charge in [0.15, 0.2) is 0 Å². The Kier molecular flexibility index (Phi) is 6.40. The number of amides is 1. The van der Waals surface area contributed by atoms with Crippen molar-refractivity contribution in [2.45, 2.75) is 50.0 Å². The van der Waals surface area contributed by atoms with Crippen LogP contribution < -0.4 is 14.4 Å². The largest absolute Gasteiger partial charge is 0.490 e. The van der Waals surface area contributed by atoms with E-state index in [1.54, 1.807) is 18.2 Å². The Morgan fingerprint density at radius 2 is 2.02 bits per heavy atom. The topological polar surface area (TPSA) is 109 Å². The molecule has 5 aliphatic rings. The van der Waals surface area contributed by atoms with E-state index in [1.807, 2.05) is 18.2 Å². The van der Waals surface area contributed by atoms with E-state index in [4.69, 9.17) is 16.3 Å². The quantitative estimate of drug-likeness (QED) is 0.358. The van der Waals surface area contributed by atoms with E-state index in [1.165, 1.54) is 0 Å². The smallest absolute Gasteiger partial charge is 0.264 e. The van der Waals surface area contributed by atoms with Gasteiger partial charge in [-0.15, -0.1) is 0 Å². The van der Waals surface area contributed by atoms with Crippen molar-refractivity contribution in [3.05, 3.63) is 64.5 Å². The molecule has 0 saturated heterocycles. The standard InChI is InChI=1S/C30H34ClN3O5S/c31-28-10-7-23-24(32-28)2-1-11-30(23)16-34-14-20-3-6-22(20)26(35)8-4-18-12-21(18)15-40(37,38)33-29(36)19-5-9-27(39-17-30)25(34)13-19/h4-5,7-10,13,18,20-22,26,35H,1-3,6,11-12,14-17H2,(H,33,36)/b8-4+/t18-,20+,21+,22-,26+,30+/m1/s1. The fraction of sp³-hybridized carbons (Fsp3) is 0.533. The molecule has 1 spiro atoms. The number of benzene rings is 1. The zero-order valence-corrected chi connectivity index (χ0v) is 23.8. The molecule has 2 N–H and O–H groups in total. The van der Waals surface area contributed by atoms with Crippen LogP contribution in [0.15, 0.2) is 42.5 Å². The summed E-state index contributed by atoms with van der Waals surface area (Å²) in [7, 11) is -3.80. The van der Waals surface area contributed by atoms with Crippen LogP contribution in [0.5, 0.6) is 5.75 Å². The van der Waals surface area contributed by atoms with E-state index in [0.29, 0.717) is 30.6 Å². The van der Waals surface area contributed by atoms with Gasteiger partial charge in [-0.2, -0.15) is 0 Å². The number of ether oxygens (including phenoxy) is 1. The van der Waals surface area contributed by atoms with Crippen LogP contribution in [0.3, 0.4) is 0 Å². The number of rotatable bonds is 0. The molecule has 2 saturated carbocycles. The predicted molar refractivity (Wildman–Crippen MR) is 152 cm³/mol. The number of hydrogen-bond acceptors (Lipinski definition) is 7. The zero-order valence-electron chi connectivity index (χ0n) is 22.3. The number of aromatic nitrogens is 1. The Morgan fingerprint density at radius 1 is 1.15 bits per heavy atom. The van der Waals surface area contributed by atoms with Crippen molar-refractivity contribution in [3.63, 3.8) is 0 Å². The number of aliphatic hydroxyl groups is 1. The van der Waals surface area contributed by atoms with Gasteiger partial charge in [0.05, 0.1) is 24.2 Å². The van der Waals surface area contributed by atoms with Crippen LogP contribution in [0, 0.1) is 23.7 Å². The first-order valence-electron chi connectivity index (χ1n) is 14.3. The number of carbonyl (C=O) groups is 1. The minimum Gasteiger partial charge on any atom is -0.490 e. The lowest BCUT2D eigenvalue weighted by Crippen LogP contribution is -2.49. The first-order chi connectivity index (χ1) is 19.2. The van der Waals surface area contributed by atoms with Crippen LogP contribution in [-0.4, -0.2) is 56.0 Å². The molecular weight excluding hydrogens is 550 g/mol.